The van der Waals surface area contributed by atoms with E-state index in [4.69, 9.17) is 9.62 Å². The average Bonchev–Trinajstić information content (AvgIpc) is 3.46. The molecule has 4 aromatic rings. The van der Waals surface area contributed by atoms with E-state index in [1.807, 2.05) is 66.3 Å². The van der Waals surface area contributed by atoms with Gasteiger partial charge in [-0.1, -0.05) is 72.7 Å². The van der Waals surface area contributed by atoms with Crippen molar-refractivity contribution in [3.63, 3.8) is 0 Å². The molecule has 0 aliphatic rings. The summed E-state index contributed by atoms with van der Waals surface area (Å²) in [6.07, 6.45) is 4.43. The zero-order chi connectivity index (χ0) is 22.2. The van der Waals surface area contributed by atoms with Crippen molar-refractivity contribution in [1.29, 1.82) is 0 Å². The molecule has 2 aromatic heterocycles. The first kappa shape index (κ1) is 21.5. The number of hydrogen-bond donors (Lipinski definition) is 1. The number of aromatic nitrogens is 4. The lowest BCUT2D eigenvalue weighted by atomic mass is 10.1. The van der Waals surface area contributed by atoms with Crippen LogP contribution in [0, 0.1) is 0 Å². The second kappa shape index (κ2) is 10.5. The number of amides is 1. The number of rotatable bonds is 10. The van der Waals surface area contributed by atoms with Crippen LogP contribution in [0.5, 0.6) is 0 Å². The van der Waals surface area contributed by atoms with Crippen LogP contribution in [0.1, 0.15) is 42.6 Å². The van der Waals surface area contributed by atoms with Crippen LogP contribution in [0.15, 0.2) is 71.4 Å². The smallest absolute Gasteiger partial charge is 0.226 e. The molecule has 4 rings (SSSR count). The molecule has 7 heteroatoms. The van der Waals surface area contributed by atoms with E-state index < -0.39 is 0 Å². The average molecular weight is 430 g/mol. The van der Waals surface area contributed by atoms with Crippen LogP contribution in [-0.2, 0) is 30.7 Å². The first-order chi connectivity index (χ1) is 15.7. The molecule has 0 bridgehead atoms. The standard InChI is InChI=1S/C25H27N5O2/c1-2-22-27-24(32-29-22)15-9-14-23(31)26-16-21-18-30(17-19-10-5-3-6-11-19)28-25(21)20-12-7-4-8-13-20/h3-8,10-13,18H,2,9,14-17H2,1H3,(H,26,31). The third-order valence-corrected chi connectivity index (χ3v) is 5.17. The van der Waals surface area contributed by atoms with Gasteiger partial charge in [-0.2, -0.15) is 10.1 Å². The lowest BCUT2D eigenvalue weighted by Gasteiger charge is -2.05. The Kier molecular flexibility index (Phi) is 7.07. The highest BCUT2D eigenvalue weighted by Gasteiger charge is 2.13. The molecule has 0 aliphatic carbocycles. The predicted molar refractivity (Wildman–Crippen MR) is 122 cm³/mol. The van der Waals surface area contributed by atoms with Gasteiger partial charge in [-0.3, -0.25) is 9.48 Å². The van der Waals surface area contributed by atoms with Gasteiger partial charge >= 0.3 is 0 Å². The van der Waals surface area contributed by atoms with E-state index in [-0.39, 0.29) is 5.91 Å². The molecule has 2 aromatic carbocycles. The topological polar surface area (TPSA) is 85.8 Å². The number of aryl methyl sites for hydroxylation is 2. The highest BCUT2D eigenvalue weighted by atomic mass is 16.5. The van der Waals surface area contributed by atoms with Crippen molar-refractivity contribution >= 4 is 5.91 Å². The zero-order valence-corrected chi connectivity index (χ0v) is 18.2. The van der Waals surface area contributed by atoms with Crippen LogP contribution < -0.4 is 5.32 Å². The second-order valence-corrected chi connectivity index (χ2v) is 7.64. The summed E-state index contributed by atoms with van der Waals surface area (Å²) in [6, 6.07) is 20.3. The van der Waals surface area contributed by atoms with Crippen LogP contribution in [0.4, 0.5) is 0 Å². The lowest BCUT2D eigenvalue weighted by molar-refractivity contribution is -0.121. The predicted octanol–water partition coefficient (Wildman–Crippen LogP) is 4.18. The summed E-state index contributed by atoms with van der Waals surface area (Å²) in [5, 5.41) is 11.7. The second-order valence-electron chi connectivity index (χ2n) is 7.64. The highest BCUT2D eigenvalue weighted by Crippen LogP contribution is 2.22. The van der Waals surface area contributed by atoms with Gasteiger partial charge in [-0.05, 0) is 12.0 Å². The number of benzene rings is 2. The lowest BCUT2D eigenvalue weighted by Crippen LogP contribution is -2.22. The molecule has 2 heterocycles. The van der Waals surface area contributed by atoms with Crippen molar-refractivity contribution < 1.29 is 9.32 Å². The molecule has 0 unspecified atom stereocenters. The minimum atomic E-state index is -0.00458. The van der Waals surface area contributed by atoms with E-state index in [2.05, 4.69) is 27.6 Å². The van der Waals surface area contributed by atoms with E-state index in [0.29, 0.717) is 44.1 Å². The number of hydrogen-bond acceptors (Lipinski definition) is 5. The maximum Gasteiger partial charge on any atom is 0.226 e. The summed E-state index contributed by atoms with van der Waals surface area (Å²) in [5.74, 6) is 1.28. The number of nitrogens with one attached hydrogen (secondary N) is 1. The molecule has 1 amide bonds. The van der Waals surface area contributed by atoms with Gasteiger partial charge in [0.25, 0.3) is 0 Å². The summed E-state index contributed by atoms with van der Waals surface area (Å²) in [4.78, 5) is 16.7. The van der Waals surface area contributed by atoms with Gasteiger partial charge in [0.2, 0.25) is 11.8 Å². The van der Waals surface area contributed by atoms with E-state index in [0.717, 1.165) is 23.2 Å². The molecule has 0 spiro atoms. The van der Waals surface area contributed by atoms with Crippen molar-refractivity contribution in [2.45, 2.75) is 45.7 Å². The Balaban J connectivity index is 1.38. The molecular weight excluding hydrogens is 402 g/mol. The number of carbonyl (C=O) groups excluding carboxylic acids is 1. The van der Waals surface area contributed by atoms with Crippen LogP contribution in [0.3, 0.4) is 0 Å². The Hall–Kier alpha value is -3.74. The van der Waals surface area contributed by atoms with Gasteiger partial charge in [0.05, 0.1) is 12.2 Å². The fourth-order valence-electron chi connectivity index (χ4n) is 3.50. The molecule has 0 fully saturated rings. The van der Waals surface area contributed by atoms with Gasteiger partial charge in [-0.25, -0.2) is 0 Å². The summed E-state index contributed by atoms with van der Waals surface area (Å²) in [7, 11) is 0. The fourth-order valence-corrected chi connectivity index (χ4v) is 3.50. The van der Waals surface area contributed by atoms with Gasteiger partial charge in [0.15, 0.2) is 5.82 Å². The number of carbonyl (C=O) groups is 1. The monoisotopic (exact) mass is 429 g/mol. The molecular formula is C25H27N5O2. The summed E-state index contributed by atoms with van der Waals surface area (Å²) < 4.78 is 7.11. The van der Waals surface area contributed by atoms with E-state index in [1.165, 1.54) is 5.56 Å². The van der Waals surface area contributed by atoms with Gasteiger partial charge in [0.1, 0.15) is 0 Å². The molecule has 0 saturated carbocycles. The molecule has 1 N–H and O–H groups in total. The SMILES string of the molecule is CCc1noc(CCCC(=O)NCc2cn(Cc3ccccc3)nc2-c2ccccc2)n1. The van der Waals surface area contributed by atoms with Crippen LogP contribution in [-0.4, -0.2) is 25.8 Å². The van der Waals surface area contributed by atoms with Crippen molar-refractivity contribution in [2.24, 2.45) is 0 Å². The quantitative estimate of drug-likeness (QED) is 0.409. The van der Waals surface area contributed by atoms with Crippen molar-refractivity contribution in [3.8, 4) is 11.3 Å². The molecule has 164 valence electrons. The largest absolute Gasteiger partial charge is 0.352 e. The van der Waals surface area contributed by atoms with Gasteiger partial charge < -0.3 is 9.84 Å². The molecule has 7 nitrogen and oxygen atoms in total. The van der Waals surface area contributed by atoms with E-state index in [1.54, 1.807) is 0 Å². The van der Waals surface area contributed by atoms with Crippen LogP contribution in [0.25, 0.3) is 11.3 Å². The molecule has 0 saturated heterocycles. The molecule has 0 atom stereocenters. The van der Waals surface area contributed by atoms with Crippen LogP contribution in [0.2, 0.25) is 0 Å². The van der Waals surface area contributed by atoms with Crippen molar-refractivity contribution in [2.75, 3.05) is 0 Å². The highest BCUT2D eigenvalue weighted by molar-refractivity contribution is 5.76. The van der Waals surface area contributed by atoms with Gasteiger partial charge in [0, 0.05) is 43.1 Å². The maximum atomic E-state index is 12.4. The Labute approximate surface area is 187 Å². The summed E-state index contributed by atoms with van der Waals surface area (Å²) >= 11 is 0. The molecule has 0 radical (unpaired) electrons. The Morgan fingerprint density at radius 1 is 1.06 bits per heavy atom. The Morgan fingerprint density at radius 3 is 2.53 bits per heavy atom. The first-order valence-electron chi connectivity index (χ1n) is 10.9. The summed E-state index contributed by atoms with van der Waals surface area (Å²) in [5.41, 5.74) is 4.09. The van der Waals surface area contributed by atoms with E-state index >= 15 is 0 Å². The third-order valence-electron chi connectivity index (χ3n) is 5.17. The van der Waals surface area contributed by atoms with Gasteiger partial charge in [-0.15, -0.1) is 0 Å². The minimum absolute atomic E-state index is 0.00458. The maximum absolute atomic E-state index is 12.4. The normalized spacial score (nSPS) is 10.9. The molecule has 0 aliphatic heterocycles. The third kappa shape index (κ3) is 5.69. The molecule has 32 heavy (non-hydrogen) atoms. The fraction of sp³-hybridized carbons (Fsp3) is 0.280. The van der Waals surface area contributed by atoms with Crippen molar-refractivity contribution in [3.05, 3.63) is 89.7 Å². The Bertz CT molecular complexity index is 1140. The minimum Gasteiger partial charge on any atom is -0.352 e. The summed E-state index contributed by atoms with van der Waals surface area (Å²) in [6.45, 7) is 3.09. The zero-order valence-electron chi connectivity index (χ0n) is 18.2. The number of nitrogens with zero attached hydrogens (tertiary/aromatic N) is 4. The first-order valence-corrected chi connectivity index (χ1v) is 10.9. The Morgan fingerprint density at radius 2 is 1.81 bits per heavy atom. The van der Waals surface area contributed by atoms with E-state index in [9.17, 15) is 4.79 Å². The van der Waals surface area contributed by atoms with Crippen LogP contribution >= 0.6 is 0 Å². The van der Waals surface area contributed by atoms with Crippen molar-refractivity contribution in [1.82, 2.24) is 25.2 Å².